The van der Waals surface area contributed by atoms with Gasteiger partial charge in [0.1, 0.15) is 5.82 Å². The topological polar surface area (TPSA) is 92.5 Å². The molecule has 4 rings (SSSR count). The maximum absolute atomic E-state index is 12.8. The second kappa shape index (κ2) is 8.76. The molecule has 1 aliphatic heterocycles. The maximum Gasteiger partial charge on any atom is 0.270 e. The average Bonchev–Trinajstić information content (AvgIpc) is 3.22. The Morgan fingerprint density at radius 3 is 2.53 bits per heavy atom. The number of anilines is 1. The Kier molecular flexibility index (Phi) is 5.91. The van der Waals surface area contributed by atoms with Crippen molar-refractivity contribution in [2.24, 2.45) is 0 Å². The molecule has 30 heavy (non-hydrogen) atoms. The molecule has 1 saturated heterocycles. The lowest BCUT2D eigenvalue weighted by atomic mass is 10.1. The zero-order valence-corrected chi connectivity index (χ0v) is 17.5. The number of piperazine rings is 1. The molecule has 2 heterocycles. The van der Waals surface area contributed by atoms with Gasteiger partial charge in [0.25, 0.3) is 11.6 Å². The number of nitro benzene ring substituents is 1. The SMILES string of the molecule is O=C(c1ccc([N+](=O)[O-])cc1Cl)N1CCN(c2nc(Cc3ccccc3)ns2)CC1. The molecule has 1 fully saturated rings. The molecule has 0 unspecified atom stereocenters. The maximum atomic E-state index is 12.8. The highest BCUT2D eigenvalue weighted by atomic mass is 35.5. The van der Waals surface area contributed by atoms with Gasteiger partial charge in [-0.15, -0.1) is 0 Å². The van der Waals surface area contributed by atoms with Gasteiger partial charge in [0.05, 0.1) is 15.5 Å². The van der Waals surface area contributed by atoms with E-state index in [2.05, 4.69) is 26.4 Å². The van der Waals surface area contributed by atoms with Gasteiger partial charge >= 0.3 is 0 Å². The monoisotopic (exact) mass is 443 g/mol. The van der Waals surface area contributed by atoms with Gasteiger partial charge in [-0.2, -0.15) is 4.37 Å². The third-order valence-corrected chi connectivity index (χ3v) is 6.02. The number of aromatic nitrogens is 2. The van der Waals surface area contributed by atoms with Gasteiger partial charge < -0.3 is 9.80 Å². The van der Waals surface area contributed by atoms with Crippen LogP contribution in [0.3, 0.4) is 0 Å². The molecule has 1 aliphatic rings. The first-order valence-electron chi connectivity index (χ1n) is 9.36. The van der Waals surface area contributed by atoms with Crippen molar-refractivity contribution in [1.29, 1.82) is 0 Å². The summed E-state index contributed by atoms with van der Waals surface area (Å²) in [6.45, 7) is 2.30. The van der Waals surface area contributed by atoms with Crippen molar-refractivity contribution in [2.75, 3.05) is 31.1 Å². The molecular weight excluding hydrogens is 426 g/mol. The summed E-state index contributed by atoms with van der Waals surface area (Å²) >= 11 is 7.47. The Bertz CT molecular complexity index is 1070. The first-order valence-corrected chi connectivity index (χ1v) is 10.5. The predicted molar refractivity (Wildman–Crippen MR) is 115 cm³/mol. The minimum atomic E-state index is -0.535. The standard InChI is InChI=1S/C20H18ClN5O3S/c21-17-13-15(26(28)29)6-7-16(17)19(27)24-8-10-25(11-9-24)20-22-18(23-30-20)12-14-4-2-1-3-5-14/h1-7,13H,8-12H2. The van der Waals surface area contributed by atoms with E-state index in [1.807, 2.05) is 18.2 Å². The van der Waals surface area contributed by atoms with Crippen molar-refractivity contribution in [2.45, 2.75) is 6.42 Å². The number of halogens is 1. The number of carbonyl (C=O) groups excluding carboxylic acids is 1. The van der Waals surface area contributed by atoms with Crippen molar-refractivity contribution in [3.8, 4) is 0 Å². The van der Waals surface area contributed by atoms with Crippen LogP contribution in [0.4, 0.5) is 10.8 Å². The largest absolute Gasteiger partial charge is 0.343 e. The summed E-state index contributed by atoms with van der Waals surface area (Å²) in [5, 5.41) is 11.8. The number of benzene rings is 2. The quantitative estimate of drug-likeness (QED) is 0.441. The van der Waals surface area contributed by atoms with Crippen LogP contribution >= 0.6 is 23.1 Å². The fourth-order valence-corrected chi connectivity index (χ4v) is 4.28. The van der Waals surface area contributed by atoms with E-state index in [-0.39, 0.29) is 22.2 Å². The zero-order valence-electron chi connectivity index (χ0n) is 15.9. The van der Waals surface area contributed by atoms with E-state index >= 15 is 0 Å². The zero-order chi connectivity index (χ0) is 21.1. The Morgan fingerprint density at radius 1 is 1.13 bits per heavy atom. The third kappa shape index (κ3) is 4.42. The van der Waals surface area contributed by atoms with Crippen LogP contribution in [0.5, 0.6) is 0 Å². The molecule has 0 N–H and O–H groups in total. The minimum absolute atomic E-state index is 0.0892. The second-order valence-corrected chi connectivity index (χ2v) is 7.99. The number of nitro groups is 1. The highest BCUT2D eigenvalue weighted by molar-refractivity contribution is 7.09. The van der Waals surface area contributed by atoms with Gasteiger partial charge in [-0.05, 0) is 11.6 Å². The number of carbonyl (C=O) groups is 1. The van der Waals surface area contributed by atoms with Crippen molar-refractivity contribution in [1.82, 2.24) is 14.3 Å². The van der Waals surface area contributed by atoms with Crippen LogP contribution in [0, 0.1) is 10.1 Å². The molecule has 1 aromatic heterocycles. The minimum Gasteiger partial charge on any atom is -0.343 e. The van der Waals surface area contributed by atoms with E-state index in [1.165, 1.54) is 29.7 Å². The number of nitrogens with zero attached hydrogens (tertiary/aromatic N) is 5. The molecule has 0 atom stereocenters. The number of amides is 1. The van der Waals surface area contributed by atoms with Crippen LogP contribution in [-0.2, 0) is 6.42 Å². The first-order chi connectivity index (χ1) is 14.5. The van der Waals surface area contributed by atoms with Gasteiger partial charge in [0, 0.05) is 56.3 Å². The van der Waals surface area contributed by atoms with Crippen molar-refractivity contribution in [3.05, 3.63) is 80.6 Å². The Morgan fingerprint density at radius 2 is 1.87 bits per heavy atom. The van der Waals surface area contributed by atoms with Crippen molar-refractivity contribution >= 4 is 39.9 Å². The molecule has 0 saturated carbocycles. The highest BCUT2D eigenvalue weighted by Crippen LogP contribution is 2.25. The lowest BCUT2D eigenvalue weighted by molar-refractivity contribution is -0.384. The van der Waals surface area contributed by atoms with E-state index in [4.69, 9.17) is 11.6 Å². The van der Waals surface area contributed by atoms with Gasteiger partial charge in [-0.1, -0.05) is 41.9 Å². The van der Waals surface area contributed by atoms with Gasteiger partial charge in [0.2, 0.25) is 5.13 Å². The molecule has 1 amide bonds. The van der Waals surface area contributed by atoms with Crippen LogP contribution in [0.1, 0.15) is 21.7 Å². The van der Waals surface area contributed by atoms with Crippen molar-refractivity contribution in [3.63, 3.8) is 0 Å². The van der Waals surface area contributed by atoms with Crippen LogP contribution in [0.2, 0.25) is 5.02 Å². The van der Waals surface area contributed by atoms with Crippen LogP contribution < -0.4 is 4.90 Å². The van der Waals surface area contributed by atoms with Crippen molar-refractivity contribution < 1.29 is 9.72 Å². The fraction of sp³-hybridized carbons (Fsp3) is 0.250. The number of non-ortho nitro benzene ring substituents is 1. The van der Waals surface area contributed by atoms with E-state index in [1.54, 1.807) is 4.90 Å². The number of rotatable bonds is 5. The van der Waals surface area contributed by atoms with E-state index in [9.17, 15) is 14.9 Å². The molecule has 0 aliphatic carbocycles. The third-order valence-electron chi connectivity index (χ3n) is 4.89. The molecule has 8 nitrogen and oxygen atoms in total. The first kappa shape index (κ1) is 20.2. The highest BCUT2D eigenvalue weighted by Gasteiger charge is 2.26. The molecule has 154 valence electrons. The molecule has 0 spiro atoms. The predicted octanol–water partition coefficient (Wildman–Crippen LogP) is 3.65. The summed E-state index contributed by atoms with van der Waals surface area (Å²) in [4.78, 5) is 31.6. The molecule has 3 aromatic rings. The lowest BCUT2D eigenvalue weighted by Crippen LogP contribution is -2.48. The molecule has 2 aromatic carbocycles. The molecular formula is C20H18ClN5O3S. The smallest absolute Gasteiger partial charge is 0.270 e. The van der Waals surface area contributed by atoms with Gasteiger partial charge in [-0.3, -0.25) is 14.9 Å². The second-order valence-electron chi connectivity index (χ2n) is 6.86. The average molecular weight is 444 g/mol. The molecule has 0 radical (unpaired) electrons. The molecule has 0 bridgehead atoms. The van der Waals surface area contributed by atoms with Gasteiger partial charge in [-0.25, -0.2) is 4.98 Å². The summed E-state index contributed by atoms with van der Waals surface area (Å²) in [6, 6.07) is 14.0. The summed E-state index contributed by atoms with van der Waals surface area (Å²) in [6.07, 6.45) is 0.689. The summed E-state index contributed by atoms with van der Waals surface area (Å²) in [5.74, 6) is 0.564. The van der Waals surface area contributed by atoms with E-state index < -0.39 is 4.92 Å². The number of hydrogen-bond donors (Lipinski definition) is 0. The van der Waals surface area contributed by atoms with Gasteiger partial charge in [0.15, 0.2) is 0 Å². The lowest BCUT2D eigenvalue weighted by Gasteiger charge is -2.34. The Balaban J connectivity index is 1.37. The van der Waals surface area contributed by atoms with Crippen LogP contribution in [0.25, 0.3) is 0 Å². The summed E-state index contributed by atoms with van der Waals surface area (Å²) in [7, 11) is 0. The van der Waals surface area contributed by atoms with E-state index in [0.717, 1.165) is 16.5 Å². The summed E-state index contributed by atoms with van der Waals surface area (Å²) in [5.41, 5.74) is 1.30. The fourth-order valence-electron chi connectivity index (χ4n) is 3.29. The Labute approximate surface area is 182 Å². The number of hydrogen-bond acceptors (Lipinski definition) is 7. The van der Waals surface area contributed by atoms with Crippen LogP contribution in [0.15, 0.2) is 48.5 Å². The molecule has 10 heteroatoms. The Hall–Kier alpha value is -3.04. The van der Waals surface area contributed by atoms with Crippen LogP contribution in [-0.4, -0.2) is 51.3 Å². The van der Waals surface area contributed by atoms with E-state index in [0.29, 0.717) is 32.6 Å². The normalized spacial score (nSPS) is 14.0. The summed E-state index contributed by atoms with van der Waals surface area (Å²) < 4.78 is 4.46.